The van der Waals surface area contributed by atoms with Crippen LogP contribution in [0.1, 0.15) is 11.1 Å². The van der Waals surface area contributed by atoms with Gasteiger partial charge in [0, 0.05) is 38.1 Å². The van der Waals surface area contributed by atoms with Gasteiger partial charge in [-0.1, -0.05) is 5.16 Å². The molecular weight excluding hydrogens is 254 g/mol. The van der Waals surface area contributed by atoms with Crippen molar-refractivity contribution in [1.29, 1.82) is 0 Å². The van der Waals surface area contributed by atoms with E-state index in [2.05, 4.69) is 15.2 Å². The van der Waals surface area contributed by atoms with Gasteiger partial charge in [-0.05, 0) is 36.2 Å². The van der Waals surface area contributed by atoms with Gasteiger partial charge in [0.25, 0.3) is 0 Å². The first-order valence-electron chi connectivity index (χ1n) is 6.37. The summed E-state index contributed by atoms with van der Waals surface area (Å²) in [5.41, 5.74) is 8.54. The Morgan fingerprint density at radius 1 is 1.40 bits per heavy atom. The third kappa shape index (κ3) is 3.28. The summed E-state index contributed by atoms with van der Waals surface area (Å²) in [7, 11) is 3.95. The van der Waals surface area contributed by atoms with Crippen LogP contribution >= 0.6 is 0 Å². The minimum atomic E-state index is 0.120. The molecule has 0 saturated carbocycles. The van der Waals surface area contributed by atoms with Gasteiger partial charge in [0.1, 0.15) is 0 Å². The Labute approximate surface area is 118 Å². The van der Waals surface area contributed by atoms with Gasteiger partial charge in [-0.25, -0.2) is 0 Å². The average molecular weight is 273 g/mol. The molecule has 0 saturated heterocycles. The fourth-order valence-corrected chi connectivity index (χ4v) is 1.97. The second kappa shape index (κ2) is 6.10. The third-order valence-electron chi connectivity index (χ3n) is 3.21. The van der Waals surface area contributed by atoms with Crippen molar-refractivity contribution in [2.75, 3.05) is 18.5 Å². The SMILES string of the molecule is CN(CCc1cnn(C)c1)c1ccc(/C(N)=N/O)cc1. The largest absolute Gasteiger partial charge is 0.409 e. The first-order chi connectivity index (χ1) is 9.60. The molecule has 0 bridgehead atoms. The molecule has 0 aliphatic carbocycles. The fourth-order valence-electron chi connectivity index (χ4n) is 1.97. The predicted molar refractivity (Wildman–Crippen MR) is 79.1 cm³/mol. The number of hydrogen-bond acceptors (Lipinski definition) is 4. The smallest absolute Gasteiger partial charge is 0.170 e. The topological polar surface area (TPSA) is 79.7 Å². The summed E-state index contributed by atoms with van der Waals surface area (Å²) >= 11 is 0. The van der Waals surface area contributed by atoms with E-state index in [9.17, 15) is 0 Å². The maximum Gasteiger partial charge on any atom is 0.170 e. The Hall–Kier alpha value is -2.50. The van der Waals surface area contributed by atoms with Gasteiger partial charge in [-0.2, -0.15) is 5.10 Å². The molecule has 1 heterocycles. The predicted octanol–water partition coefficient (Wildman–Crippen LogP) is 1.19. The molecule has 0 aliphatic rings. The lowest BCUT2D eigenvalue weighted by Crippen LogP contribution is -2.20. The molecule has 0 radical (unpaired) electrons. The number of rotatable bonds is 5. The van der Waals surface area contributed by atoms with Crippen LogP contribution in [0.25, 0.3) is 0 Å². The number of aromatic nitrogens is 2. The quantitative estimate of drug-likeness (QED) is 0.371. The van der Waals surface area contributed by atoms with E-state index in [-0.39, 0.29) is 5.84 Å². The van der Waals surface area contributed by atoms with Crippen molar-refractivity contribution in [3.05, 3.63) is 47.8 Å². The van der Waals surface area contributed by atoms with Gasteiger partial charge in [-0.3, -0.25) is 4.68 Å². The normalized spacial score (nSPS) is 11.6. The molecule has 106 valence electrons. The number of aryl methyl sites for hydroxylation is 1. The van der Waals surface area contributed by atoms with E-state index in [4.69, 9.17) is 10.9 Å². The first-order valence-corrected chi connectivity index (χ1v) is 6.37. The van der Waals surface area contributed by atoms with Crippen LogP contribution in [0.5, 0.6) is 0 Å². The lowest BCUT2D eigenvalue weighted by molar-refractivity contribution is 0.318. The summed E-state index contributed by atoms with van der Waals surface area (Å²) in [6.07, 6.45) is 4.84. The summed E-state index contributed by atoms with van der Waals surface area (Å²) in [6.45, 7) is 0.897. The van der Waals surface area contributed by atoms with Crippen LogP contribution in [0.3, 0.4) is 0 Å². The number of nitrogens with zero attached hydrogens (tertiary/aromatic N) is 4. The minimum Gasteiger partial charge on any atom is -0.409 e. The molecule has 2 rings (SSSR count). The average Bonchev–Trinajstić information content (AvgIpc) is 2.89. The lowest BCUT2D eigenvalue weighted by atomic mass is 10.1. The Morgan fingerprint density at radius 3 is 2.65 bits per heavy atom. The molecule has 6 heteroatoms. The number of anilines is 1. The van der Waals surface area contributed by atoms with E-state index in [0.717, 1.165) is 18.7 Å². The second-order valence-corrected chi connectivity index (χ2v) is 4.73. The first kappa shape index (κ1) is 13.9. The molecule has 3 N–H and O–H groups in total. The Bertz CT molecular complexity index is 588. The van der Waals surface area contributed by atoms with E-state index in [1.165, 1.54) is 5.56 Å². The van der Waals surface area contributed by atoms with E-state index >= 15 is 0 Å². The highest BCUT2D eigenvalue weighted by Gasteiger charge is 2.04. The van der Waals surface area contributed by atoms with Gasteiger partial charge in [0.05, 0.1) is 6.20 Å². The number of oxime groups is 1. The molecule has 20 heavy (non-hydrogen) atoms. The molecule has 0 unspecified atom stereocenters. The number of benzene rings is 1. The maximum absolute atomic E-state index is 8.62. The van der Waals surface area contributed by atoms with Crippen LogP contribution in [-0.2, 0) is 13.5 Å². The summed E-state index contributed by atoms with van der Waals surface area (Å²) < 4.78 is 1.81. The summed E-state index contributed by atoms with van der Waals surface area (Å²) in [6, 6.07) is 7.59. The fraction of sp³-hybridized carbons (Fsp3) is 0.286. The monoisotopic (exact) mass is 273 g/mol. The van der Waals surface area contributed by atoms with Gasteiger partial charge in [0.2, 0.25) is 0 Å². The van der Waals surface area contributed by atoms with E-state index in [1.807, 2.05) is 50.8 Å². The molecule has 0 atom stereocenters. The molecular formula is C14H19N5O. The highest BCUT2D eigenvalue weighted by Crippen LogP contribution is 2.14. The lowest BCUT2D eigenvalue weighted by Gasteiger charge is -2.19. The molecule has 0 spiro atoms. The van der Waals surface area contributed by atoms with Gasteiger partial charge >= 0.3 is 0 Å². The zero-order valence-corrected chi connectivity index (χ0v) is 11.7. The van der Waals surface area contributed by atoms with Crippen LogP contribution in [0.15, 0.2) is 41.8 Å². The van der Waals surface area contributed by atoms with Gasteiger partial charge < -0.3 is 15.8 Å². The van der Waals surface area contributed by atoms with Crippen molar-refractivity contribution >= 4 is 11.5 Å². The van der Waals surface area contributed by atoms with Gasteiger partial charge in [-0.15, -0.1) is 0 Å². The number of amidine groups is 1. The maximum atomic E-state index is 8.62. The Balaban J connectivity index is 1.97. The van der Waals surface area contributed by atoms with Crippen LogP contribution in [-0.4, -0.2) is 34.4 Å². The summed E-state index contributed by atoms with van der Waals surface area (Å²) in [4.78, 5) is 2.16. The van der Waals surface area contributed by atoms with E-state index in [0.29, 0.717) is 5.56 Å². The molecule has 2 aromatic rings. The van der Waals surface area contributed by atoms with Crippen molar-refractivity contribution < 1.29 is 5.21 Å². The Morgan fingerprint density at radius 2 is 2.10 bits per heavy atom. The molecule has 0 amide bonds. The molecule has 0 aliphatic heterocycles. The summed E-state index contributed by atoms with van der Waals surface area (Å²) in [5, 5.41) is 15.8. The minimum absolute atomic E-state index is 0.120. The van der Waals surface area contributed by atoms with E-state index in [1.54, 1.807) is 4.68 Å². The van der Waals surface area contributed by atoms with E-state index < -0.39 is 0 Å². The van der Waals surface area contributed by atoms with Crippen molar-refractivity contribution in [3.63, 3.8) is 0 Å². The van der Waals surface area contributed by atoms with Crippen LogP contribution in [0, 0.1) is 0 Å². The van der Waals surface area contributed by atoms with Crippen LogP contribution < -0.4 is 10.6 Å². The zero-order chi connectivity index (χ0) is 14.5. The number of hydrogen-bond donors (Lipinski definition) is 2. The van der Waals surface area contributed by atoms with Crippen molar-refractivity contribution in [2.45, 2.75) is 6.42 Å². The molecule has 0 fully saturated rings. The Kier molecular flexibility index (Phi) is 4.24. The van der Waals surface area contributed by atoms with Gasteiger partial charge in [0.15, 0.2) is 5.84 Å². The number of nitrogens with two attached hydrogens (primary N) is 1. The molecule has 1 aromatic carbocycles. The summed E-state index contributed by atoms with van der Waals surface area (Å²) in [5.74, 6) is 0.120. The van der Waals surface area contributed by atoms with Crippen molar-refractivity contribution in [1.82, 2.24) is 9.78 Å². The van der Waals surface area contributed by atoms with Crippen LogP contribution in [0.4, 0.5) is 5.69 Å². The standard InChI is InChI=1S/C14H19N5O/c1-18(8-7-11-9-16-19(2)10-11)13-5-3-12(4-6-13)14(15)17-20/h3-6,9-10,20H,7-8H2,1-2H3,(H2,15,17). The van der Waals surface area contributed by atoms with Crippen molar-refractivity contribution in [3.8, 4) is 0 Å². The molecule has 1 aromatic heterocycles. The zero-order valence-electron chi connectivity index (χ0n) is 11.7. The number of likely N-dealkylation sites (N-methyl/N-ethyl adjacent to an activating group) is 1. The van der Waals surface area contributed by atoms with Crippen LogP contribution in [0.2, 0.25) is 0 Å². The molecule has 6 nitrogen and oxygen atoms in total. The second-order valence-electron chi connectivity index (χ2n) is 4.73. The van der Waals surface area contributed by atoms with Crippen molar-refractivity contribution in [2.24, 2.45) is 17.9 Å². The highest BCUT2D eigenvalue weighted by molar-refractivity contribution is 5.97. The third-order valence-corrected chi connectivity index (χ3v) is 3.21. The highest BCUT2D eigenvalue weighted by atomic mass is 16.4.